The van der Waals surface area contributed by atoms with Gasteiger partial charge in [-0.25, -0.2) is 0 Å². The molecule has 0 aliphatic heterocycles. The standard InChI is InChI=1S/C17H20/c1-13(2)15-9-11-16(12-10-15)17-8-6-4-5-7-14(17)3/h4-5,7-13H,6H2,1-3H3. The van der Waals surface area contributed by atoms with E-state index in [1.807, 2.05) is 0 Å². The SMILES string of the molecule is CC1=CC=CCC=C1c1ccc(C(C)C)cc1. The summed E-state index contributed by atoms with van der Waals surface area (Å²) in [4.78, 5) is 0. The molecular formula is C17H20. The van der Waals surface area contributed by atoms with Gasteiger partial charge >= 0.3 is 0 Å². The largest absolute Gasteiger partial charge is 0.0807 e. The second-order valence-corrected chi connectivity index (χ2v) is 4.91. The predicted octanol–water partition coefficient (Wildman–Crippen LogP) is 5.10. The highest BCUT2D eigenvalue weighted by molar-refractivity contribution is 5.79. The first-order valence-corrected chi connectivity index (χ1v) is 6.33. The molecule has 1 aliphatic rings. The fourth-order valence-corrected chi connectivity index (χ4v) is 2.12. The topological polar surface area (TPSA) is 0 Å². The average molecular weight is 224 g/mol. The molecule has 0 bridgehead atoms. The maximum atomic E-state index is 2.31. The molecule has 0 nitrogen and oxygen atoms in total. The van der Waals surface area contributed by atoms with Crippen LogP contribution in [0.5, 0.6) is 0 Å². The minimum Gasteiger partial charge on any atom is -0.0807 e. The van der Waals surface area contributed by atoms with Crippen LogP contribution < -0.4 is 0 Å². The van der Waals surface area contributed by atoms with E-state index < -0.39 is 0 Å². The zero-order valence-electron chi connectivity index (χ0n) is 10.9. The lowest BCUT2D eigenvalue weighted by molar-refractivity contribution is 0.866. The summed E-state index contributed by atoms with van der Waals surface area (Å²) < 4.78 is 0. The molecule has 0 aromatic heterocycles. The zero-order valence-corrected chi connectivity index (χ0v) is 10.9. The quantitative estimate of drug-likeness (QED) is 0.655. The highest BCUT2D eigenvalue weighted by Crippen LogP contribution is 2.26. The zero-order chi connectivity index (χ0) is 12.3. The van der Waals surface area contributed by atoms with Crippen LogP contribution in [0.3, 0.4) is 0 Å². The molecular weight excluding hydrogens is 204 g/mol. The van der Waals surface area contributed by atoms with E-state index in [0.717, 1.165) is 6.42 Å². The number of hydrogen-bond acceptors (Lipinski definition) is 0. The van der Waals surface area contributed by atoms with Crippen LogP contribution in [0.2, 0.25) is 0 Å². The lowest BCUT2D eigenvalue weighted by atomic mass is 9.95. The van der Waals surface area contributed by atoms with Crippen LogP contribution in [0.4, 0.5) is 0 Å². The van der Waals surface area contributed by atoms with Gasteiger partial charge < -0.3 is 0 Å². The predicted molar refractivity (Wildman–Crippen MR) is 76.0 cm³/mol. The van der Waals surface area contributed by atoms with E-state index >= 15 is 0 Å². The summed E-state index contributed by atoms with van der Waals surface area (Å²) in [5.41, 5.74) is 5.44. The van der Waals surface area contributed by atoms with Crippen molar-refractivity contribution in [2.24, 2.45) is 0 Å². The van der Waals surface area contributed by atoms with E-state index in [1.165, 1.54) is 22.3 Å². The molecule has 88 valence electrons. The van der Waals surface area contributed by atoms with Gasteiger partial charge in [0.2, 0.25) is 0 Å². The van der Waals surface area contributed by atoms with Gasteiger partial charge in [0.1, 0.15) is 0 Å². The first kappa shape index (κ1) is 11.9. The second-order valence-electron chi connectivity index (χ2n) is 4.91. The molecule has 0 radical (unpaired) electrons. The highest BCUT2D eigenvalue weighted by Gasteiger charge is 2.05. The molecule has 0 fully saturated rings. The van der Waals surface area contributed by atoms with Crippen LogP contribution in [0.15, 0.2) is 54.1 Å². The molecule has 0 amide bonds. The summed E-state index contributed by atoms with van der Waals surface area (Å²) in [7, 11) is 0. The summed E-state index contributed by atoms with van der Waals surface area (Å²) in [6.07, 6.45) is 9.85. The number of allylic oxidation sites excluding steroid dienone is 6. The molecule has 0 saturated carbocycles. The molecule has 2 rings (SSSR count). The molecule has 0 spiro atoms. The second kappa shape index (κ2) is 5.18. The maximum absolute atomic E-state index is 2.31. The van der Waals surface area contributed by atoms with Gasteiger partial charge in [-0.15, -0.1) is 0 Å². The van der Waals surface area contributed by atoms with E-state index in [9.17, 15) is 0 Å². The molecule has 0 heterocycles. The van der Waals surface area contributed by atoms with Gasteiger partial charge in [0.05, 0.1) is 0 Å². The van der Waals surface area contributed by atoms with Crippen LogP contribution in [-0.4, -0.2) is 0 Å². The van der Waals surface area contributed by atoms with Crippen LogP contribution in [0.25, 0.3) is 5.57 Å². The van der Waals surface area contributed by atoms with Crippen molar-refractivity contribution in [2.45, 2.75) is 33.1 Å². The lowest BCUT2D eigenvalue weighted by Crippen LogP contribution is -1.90. The molecule has 1 aromatic carbocycles. The molecule has 0 saturated heterocycles. The van der Waals surface area contributed by atoms with Crippen LogP contribution in [-0.2, 0) is 0 Å². The first-order valence-electron chi connectivity index (χ1n) is 6.33. The van der Waals surface area contributed by atoms with Crippen molar-refractivity contribution in [1.82, 2.24) is 0 Å². The third kappa shape index (κ3) is 2.76. The smallest absolute Gasteiger partial charge is 0.0157 e. The Labute approximate surface area is 104 Å². The molecule has 0 atom stereocenters. The normalized spacial score (nSPS) is 15.5. The minimum absolute atomic E-state index is 0.602. The Bertz CT molecular complexity index is 467. The molecule has 0 unspecified atom stereocenters. The molecule has 17 heavy (non-hydrogen) atoms. The minimum atomic E-state index is 0.602. The summed E-state index contributed by atoms with van der Waals surface area (Å²) in [5.74, 6) is 0.602. The summed E-state index contributed by atoms with van der Waals surface area (Å²) in [5, 5.41) is 0. The Balaban J connectivity index is 2.31. The van der Waals surface area contributed by atoms with Crippen molar-refractivity contribution in [1.29, 1.82) is 0 Å². The molecule has 1 aromatic rings. The first-order chi connectivity index (χ1) is 8.18. The fourth-order valence-electron chi connectivity index (χ4n) is 2.12. The van der Waals surface area contributed by atoms with E-state index in [1.54, 1.807) is 0 Å². The molecule has 0 N–H and O–H groups in total. The lowest BCUT2D eigenvalue weighted by Gasteiger charge is -2.10. The van der Waals surface area contributed by atoms with Crippen molar-refractivity contribution in [3.8, 4) is 0 Å². The maximum Gasteiger partial charge on any atom is -0.0157 e. The summed E-state index contributed by atoms with van der Waals surface area (Å²) in [6.45, 7) is 6.64. The van der Waals surface area contributed by atoms with Gasteiger partial charge in [-0.1, -0.05) is 62.4 Å². The van der Waals surface area contributed by atoms with Crippen LogP contribution in [0, 0.1) is 0 Å². The van der Waals surface area contributed by atoms with E-state index in [4.69, 9.17) is 0 Å². The van der Waals surface area contributed by atoms with Crippen LogP contribution >= 0.6 is 0 Å². The highest BCUT2D eigenvalue weighted by atomic mass is 14.1. The average Bonchev–Trinajstić information content (AvgIpc) is 2.54. The number of benzene rings is 1. The third-order valence-corrected chi connectivity index (χ3v) is 3.25. The molecule has 0 heteroatoms. The van der Waals surface area contributed by atoms with Crippen molar-refractivity contribution < 1.29 is 0 Å². The van der Waals surface area contributed by atoms with Crippen molar-refractivity contribution in [3.05, 3.63) is 65.3 Å². The number of rotatable bonds is 2. The van der Waals surface area contributed by atoms with E-state index in [2.05, 4.69) is 69.3 Å². The van der Waals surface area contributed by atoms with Gasteiger partial charge in [0, 0.05) is 0 Å². The Morgan fingerprint density at radius 3 is 2.41 bits per heavy atom. The van der Waals surface area contributed by atoms with E-state index in [-0.39, 0.29) is 0 Å². The van der Waals surface area contributed by atoms with Gasteiger partial charge in [0.25, 0.3) is 0 Å². The van der Waals surface area contributed by atoms with Gasteiger partial charge in [0.15, 0.2) is 0 Å². The van der Waals surface area contributed by atoms with Crippen molar-refractivity contribution in [2.75, 3.05) is 0 Å². The monoisotopic (exact) mass is 224 g/mol. The molecule has 1 aliphatic carbocycles. The summed E-state index contributed by atoms with van der Waals surface area (Å²) >= 11 is 0. The van der Waals surface area contributed by atoms with Gasteiger partial charge in [-0.3, -0.25) is 0 Å². The fraction of sp³-hybridized carbons (Fsp3) is 0.294. The summed E-state index contributed by atoms with van der Waals surface area (Å²) in [6, 6.07) is 8.96. The Morgan fingerprint density at radius 2 is 1.76 bits per heavy atom. The van der Waals surface area contributed by atoms with Crippen molar-refractivity contribution in [3.63, 3.8) is 0 Å². The van der Waals surface area contributed by atoms with Crippen molar-refractivity contribution >= 4 is 5.57 Å². The number of hydrogen-bond donors (Lipinski definition) is 0. The van der Waals surface area contributed by atoms with E-state index in [0.29, 0.717) is 5.92 Å². The third-order valence-electron chi connectivity index (χ3n) is 3.25. The van der Waals surface area contributed by atoms with Crippen LogP contribution in [0.1, 0.15) is 44.2 Å². The Hall–Kier alpha value is -1.56. The van der Waals surface area contributed by atoms with Gasteiger partial charge in [-0.2, -0.15) is 0 Å². The van der Waals surface area contributed by atoms with Gasteiger partial charge in [-0.05, 0) is 41.5 Å². The Morgan fingerprint density at radius 1 is 1.06 bits per heavy atom. The Kier molecular flexibility index (Phi) is 3.63.